The maximum atomic E-state index is 11.9. The Labute approximate surface area is 139 Å². The van der Waals surface area contributed by atoms with E-state index in [1.54, 1.807) is 18.2 Å². The molecule has 1 aromatic carbocycles. The van der Waals surface area contributed by atoms with E-state index in [1.807, 2.05) is 12.1 Å². The van der Waals surface area contributed by atoms with E-state index in [0.717, 1.165) is 24.1 Å². The number of nitrogens with one attached hydrogen (secondary N) is 1. The number of rotatable bonds is 6. The van der Waals surface area contributed by atoms with Gasteiger partial charge in [-0.2, -0.15) is 5.10 Å². The first-order valence-corrected chi connectivity index (χ1v) is 8.13. The molecule has 6 heteroatoms. The molecule has 1 fully saturated rings. The highest BCUT2D eigenvalue weighted by atomic mass is 35.5. The minimum Gasteiger partial charge on any atom is -0.356 e. The Balaban J connectivity index is 1.62. The molecule has 0 radical (unpaired) electrons. The number of hydrogen-bond donors (Lipinski definition) is 1. The number of amides is 1. The predicted octanol–water partition coefficient (Wildman–Crippen LogP) is 2.48. The van der Waals surface area contributed by atoms with Crippen molar-refractivity contribution in [1.82, 2.24) is 15.1 Å². The van der Waals surface area contributed by atoms with Crippen molar-refractivity contribution in [1.29, 1.82) is 0 Å². The second-order valence-electron chi connectivity index (χ2n) is 5.71. The van der Waals surface area contributed by atoms with E-state index in [4.69, 9.17) is 11.6 Å². The maximum absolute atomic E-state index is 11.9. The summed E-state index contributed by atoms with van der Waals surface area (Å²) in [5.41, 5.74) is 1.49. The van der Waals surface area contributed by atoms with Crippen LogP contribution in [0.2, 0.25) is 5.02 Å². The molecule has 1 N–H and O–H groups in total. The number of halogens is 1. The first-order valence-electron chi connectivity index (χ1n) is 7.75. The molecule has 1 aliphatic rings. The molecule has 1 heterocycles. The summed E-state index contributed by atoms with van der Waals surface area (Å²) in [6, 6.07) is 10.5. The van der Waals surface area contributed by atoms with E-state index in [0.29, 0.717) is 24.5 Å². The lowest BCUT2D eigenvalue weighted by molar-refractivity contribution is -0.122. The molecule has 23 heavy (non-hydrogen) atoms. The molecule has 1 aliphatic carbocycles. The van der Waals surface area contributed by atoms with Gasteiger partial charge in [-0.25, -0.2) is 4.68 Å². The van der Waals surface area contributed by atoms with E-state index in [2.05, 4.69) is 10.4 Å². The van der Waals surface area contributed by atoms with Crippen molar-refractivity contribution >= 4 is 17.5 Å². The molecule has 0 atom stereocenters. The van der Waals surface area contributed by atoms with Gasteiger partial charge in [0.05, 0.1) is 5.69 Å². The Morgan fingerprint density at radius 3 is 2.65 bits per heavy atom. The summed E-state index contributed by atoms with van der Waals surface area (Å²) in [4.78, 5) is 23.4. The molecule has 5 nitrogen and oxygen atoms in total. The molecular weight excluding hydrogens is 314 g/mol. The van der Waals surface area contributed by atoms with E-state index in [-0.39, 0.29) is 17.4 Å². The third kappa shape index (κ3) is 4.20. The second kappa shape index (κ2) is 6.96. The average Bonchev–Trinajstić information content (AvgIpc) is 3.39. The van der Waals surface area contributed by atoms with Gasteiger partial charge in [0.1, 0.15) is 0 Å². The summed E-state index contributed by atoms with van der Waals surface area (Å²) in [5.74, 6) is 0.337. The van der Waals surface area contributed by atoms with E-state index >= 15 is 0 Å². The number of carbonyl (C=O) groups excluding carboxylic acids is 1. The maximum Gasteiger partial charge on any atom is 0.266 e. The first-order chi connectivity index (χ1) is 11.1. The fourth-order valence-corrected chi connectivity index (χ4v) is 2.44. The summed E-state index contributed by atoms with van der Waals surface area (Å²) < 4.78 is 1.44. The minimum atomic E-state index is -0.142. The fraction of sp³-hybridized carbons (Fsp3) is 0.353. The molecule has 0 saturated heterocycles. The molecule has 120 valence electrons. The van der Waals surface area contributed by atoms with Crippen LogP contribution in [0.3, 0.4) is 0 Å². The number of aryl methyl sites for hydroxylation is 1. The Morgan fingerprint density at radius 1 is 1.22 bits per heavy atom. The normalized spacial score (nSPS) is 13.8. The zero-order chi connectivity index (χ0) is 16.2. The smallest absolute Gasteiger partial charge is 0.266 e. The van der Waals surface area contributed by atoms with E-state index < -0.39 is 0 Å². The molecule has 1 amide bonds. The minimum absolute atomic E-state index is 0.125. The first kappa shape index (κ1) is 15.7. The lowest BCUT2D eigenvalue weighted by Gasteiger charge is -2.08. The lowest BCUT2D eigenvalue weighted by atomic mass is 10.1. The lowest BCUT2D eigenvalue weighted by Crippen LogP contribution is -2.28. The van der Waals surface area contributed by atoms with Crippen LogP contribution in [0.15, 0.2) is 41.2 Å². The highest BCUT2D eigenvalue weighted by Crippen LogP contribution is 2.28. The monoisotopic (exact) mass is 331 g/mol. The largest absolute Gasteiger partial charge is 0.356 e. The van der Waals surface area contributed by atoms with Gasteiger partial charge in [-0.15, -0.1) is 0 Å². The number of benzene rings is 1. The van der Waals surface area contributed by atoms with Gasteiger partial charge in [0.15, 0.2) is 0 Å². The van der Waals surface area contributed by atoms with Gasteiger partial charge in [-0.05, 0) is 37.5 Å². The quantitative estimate of drug-likeness (QED) is 0.827. The van der Waals surface area contributed by atoms with Crippen LogP contribution in [0.5, 0.6) is 0 Å². The van der Waals surface area contributed by atoms with Crippen LogP contribution in [0.1, 0.15) is 19.3 Å². The van der Waals surface area contributed by atoms with E-state index in [1.165, 1.54) is 10.7 Å². The molecule has 2 aromatic rings. The van der Waals surface area contributed by atoms with Crippen molar-refractivity contribution in [2.75, 3.05) is 6.54 Å². The van der Waals surface area contributed by atoms with Crippen molar-refractivity contribution in [3.05, 3.63) is 51.8 Å². The van der Waals surface area contributed by atoms with Gasteiger partial charge in [-0.3, -0.25) is 9.59 Å². The van der Waals surface area contributed by atoms with Crippen LogP contribution in [0.4, 0.5) is 0 Å². The Kier molecular flexibility index (Phi) is 4.76. The van der Waals surface area contributed by atoms with Crippen LogP contribution in [-0.2, 0) is 11.3 Å². The van der Waals surface area contributed by atoms with Gasteiger partial charge in [-0.1, -0.05) is 23.7 Å². The Morgan fingerprint density at radius 2 is 1.96 bits per heavy atom. The van der Waals surface area contributed by atoms with Gasteiger partial charge in [0, 0.05) is 35.7 Å². The van der Waals surface area contributed by atoms with Gasteiger partial charge < -0.3 is 5.32 Å². The van der Waals surface area contributed by atoms with Crippen molar-refractivity contribution < 1.29 is 4.79 Å². The van der Waals surface area contributed by atoms with Crippen LogP contribution >= 0.6 is 11.6 Å². The standard InChI is InChI=1S/C17H18ClN3O2/c18-14-6-4-12(5-7-14)15-8-9-16(22)21(20-15)11-1-10-19-17(23)13-2-3-13/h4-9,13H,1-3,10-11H2,(H,19,23). The summed E-state index contributed by atoms with van der Waals surface area (Å²) >= 11 is 5.88. The summed E-state index contributed by atoms with van der Waals surface area (Å²) in [6.07, 6.45) is 2.67. The molecule has 0 bridgehead atoms. The zero-order valence-electron chi connectivity index (χ0n) is 12.7. The van der Waals surface area contributed by atoms with Crippen molar-refractivity contribution in [2.45, 2.75) is 25.8 Å². The molecule has 0 spiro atoms. The SMILES string of the molecule is O=C(NCCCn1nc(-c2ccc(Cl)cc2)ccc1=O)C1CC1. The molecule has 0 unspecified atom stereocenters. The molecular formula is C17H18ClN3O2. The summed E-state index contributed by atoms with van der Waals surface area (Å²) in [7, 11) is 0. The van der Waals surface area contributed by atoms with E-state index in [9.17, 15) is 9.59 Å². The van der Waals surface area contributed by atoms with Crippen LogP contribution < -0.4 is 10.9 Å². The summed E-state index contributed by atoms with van der Waals surface area (Å²) in [6.45, 7) is 1.04. The molecule has 0 aliphatic heterocycles. The fourth-order valence-electron chi connectivity index (χ4n) is 2.31. The number of hydrogen-bond acceptors (Lipinski definition) is 3. The zero-order valence-corrected chi connectivity index (χ0v) is 13.4. The second-order valence-corrected chi connectivity index (χ2v) is 6.14. The van der Waals surface area contributed by atoms with Gasteiger partial charge >= 0.3 is 0 Å². The molecule has 1 saturated carbocycles. The van der Waals surface area contributed by atoms with Gasteiger partial charge in [0.2, 0.25) is 5.91 Å². The van der Waals surface area contributed by atoms with Crippen LogP contribution in [0.25, 0.3) is 11.3 Å². The average molecular weight is 332 g/mol. The number of nitrogens with zero attached hydrogens (tertiary/aromatic N) is 2. The third-order valence-corrected chi connectivity index (χ3v) is 4.05. The predicted molar refractivity (Wildman–Crippen MR) is 89.3 cm³/mol. The summed E-state index contributed by atoms with van der Waals surface area (Å²) in [5, 5.41) is 7.94. The van der Waals surface area contributed by atoms with Crippen molar-refractivity contribution in [3.8, 4) is 11.3 Å². The Hall–Kier alpha value is -2.14. The van der Waals surface area contributed by atoms with Gasteiger partial charge in [0.25, 0.3) is 5.56 Å². The number of carbonyl (C=O) groups is 1. The molecule has 1 aromatic heterocycles. The van der Waals surface area contributed by atoms with Crippen LogP contribution in [-0.4, -0.2) is 22.2 Å². The number of aromatic nitrogens is 2. The topological polar surface area (TPSA) is 64.0 Å². The Bertz CT molecular complexity index is 751. The van der Waals surface area contributed by atoms with Crippen molar-refractivity contribution in [3.63, 3.8) is 0 Å². The highest BCUT2D eigenvalue weighted by Gasteiger charge is 2.28. The van der Waals surface area contributed by atoms with Crippen molar-refractivity contribution in [2.24, 2.45) is 5.92 Å². The highest BCUT2D eigenvalue weighted by molar-refractivity contribution is 6.30. The third-order valence-electron chi connectivity index (χ3n) is 3.80. The molecule has 3 rings (SSSR count). The van der Waals surface area contributed by atoms with Crippen LogP contribution in [0, 0.1) is 5.92 Å².